The van der Waals surface area contributed by atoms with E-state index in [2.05, 4.69) is 15.9 Å². The summed E-state index contributed by atoms with van der Waals surface area (Å²) in [7, 11) is 6.11. The van der Waals surface area contributed by atoms with Crippen LogP contribution >= 0.6 is 15.9 Å². The molecule has 2 aromatic rings. The number of carbonyl (C=O) groups is 1. The van der Waals surface area contributed by atoms with Gasteiger partial charge in [0.05, 0.1) is 28.4 Å². The van der Waals surface area contributed by atoms with Crippen LogP contribution in [0.5, 0.6) is 23.0 Å². The van der Waals surface area contributed by atoms with Crippen LogP contribution in [0, 0.1) is 0 Å². The van der Waals surface area contributed by atoms with E-state index in [4.69, 9.17) is 18.9 Å². The molecule has 122 valence electrons. The fraction of sp³-hybridized carbons (Fsp3) is 0.235. The van der Waals surface area contributed by atoms with Crippen LogP contribution in [-0.4, -0.2) is 34.2 Å². The molecule has 0 amide bonds. The molecule has 0 saturated heterocycles. The van der Waals surface area contributed by atoms with Crippen molar-refractivity contribution in [3.8, 4) is 23.0 Å². The molecule has 0 fully saturated rings. The fourth-order valence-corrected chi connectivity index (χ4v) is 2.71. The Morgan fingerprint density at radius 3 is 1.91 bits per heavy atom. The van der Waals surface area contributed by atoms with Gasteiger partial charge < -0.3 is 18.9 Å². The number of carbonyl (C=O) groups excluding carboxylic acids is 1. The molecule has 0 heterocycles. The third kappa shape index (κ3) is 3.42. The van der Waals surface area contributed by atoms with E-state index in [1.807, 2.05) is 0 Å². The molecular formula is C17H17BrO5. The SMILES string of the molecule is COc1ccc(C(=O)c2cc(OC)c(OC)c(OC)c2)c(Br)c1. The lowest BCUT2D eigenvalue weighted by molar-refractivity contribution is 0.103. The lowest BCUT2D eigenvalue weighted by Gasteiger charge is -2.14. The molecule has 0 spiro atoms. The predicted molar refractivity (Wildman–Crippen MR) is 90.2 cm³/mol. The molecule has 5 nitrogen and oxygen atoms in total. The first-order chi connectivity index (χ1) is 11.0. The van der Waals surface area contributed by atoms with E-state index >= 15 is 0 Å². The molecule has 0 N–H and O–H groups in total. The van der Waals surface area contributed by atoms with E-state index in [0.29, 0.717) is 38.6 Å². The lowest BCUT2D eigenvalue weighted by Crippen LogP contribution is -2.05. The summed E-state index contributed by atoms with van der Waals surface area (Å²) in [6.45, 7) is 0. The molecule has 6 heteroatoms. The largest absolute Gasteiger partial charge is 0.497 e. The van der Waals surface area contributed by atoms with Crippen LogP contribution in [0.15, 0.2) is 34.8 Å². The first-order valence-electron chi connectivity index (χ1n) is 6.74. The third-order valence-corrected chi connectivity index (χ3v) is 4.00. The monoisotopic (exact) mass is 380 g/mol. The number of ether oxygens (including phenoxy) is 4. The van der Waals surface area contributed by atoms with Crippen molar-refractivity contribution < 1.29 is 23.7 Å². The van der Waals surface area contributed by atoms with Gasteiger partial charge in [-0.05, 0) is 46.3 Å². The first kappa shape index (κ1) is 17.1. The van der Waals surface area contributed by atoms with Gasteiger partial charge in [-0.1, -0.05) is 0 Å². The average molecular weight is 381 g/mol. The normalized spacial score (nSPS) is 10.1. The van der Waals surface area contributed by atoms with Crippen molar-refractivity contribution in [2.45, 2.75) is 0 Å². The van der Waals surface area contributed by atoms with Crippen LogP contribution in [0.25, 0.3) is 0 Å². The molecule has 0 bridgehead atoms. The van der Waals surface area contributed by atoms with Gasteiger partial charge in [0.15, 0.2) is 17.3 Å². The van der Waals surface area contributed by atoms with Crippen LogP contribution in [-0.2, 0) is 0 Å². The summed E-state index contributed by atoms with van der Waals surface area (Å²) in [6, 6.07) is 8.43. The van der Waals surface area contributed by atoms with Gasteiger partial charge in [0.25, 0.3) is 0 Å². The van der Waals surface area contributed by atoms with Gasteiger partial charge in [-0.25, -0.2) is 0 Å². The van der Waals surface area contributed by atoms with E-state index in [1.165, 1.54) is 21.3 Å². The van der Waals surface area contributed by atoms with Crippen molar-refractivity contribution in [3.63, 3.8) is 0 Å². The Bertz CT molecular complexity index is 702. The van der Waals surface area contributed by atoms with Crippen LogP contribution in [0.3, 0.4) is 0 Å². The number of hydrogen-bond donors (Lipinski definition) is 0. The number of ketones is 1. The quantitative estimate of drug-likeness (QED) is 0.714. The van der Waals surface area contributed by atoms with Crippen LogP contribution in [0.4, 0.5) is 0 Å². The van der Waals surface area contributed by atoms with Crippen LogP contribution in [0.1, 0.15) is 15.9 Å². The van der Waals surface area contributed by atoms with E-state index in [0.717, 1.165) is 0 Å². The van der Waals surface area contributed by atoms with Crippen molar-refractivity contribution in [3.05, 3.63) is 45.9 Å². The molecular weight excluding hydrogens is 364 g/mol. The molecule has 0 atom stereocenters. The highest BCUT2D eigenvalue weighted by Gasteiger charge is 2.19. The molecule has 2 aromatic carbocycles. The predicted octanol–water partition coefficient (Wildman–Crippen LogP) is 3.71. The second-order valence-corrected chi connectivity index (χ2v) is 5.44. The van der Waals surface area contributed by atoms with Crippen molar-refractivity contribution in [2.24, 2.45) is 0 Å². The maximum atomic E-state index is 12.8. The first-order valence-corrected chi connectivity index (χ1v) is 7.53. The number of hydrogen-bond acceptors (Lipinski definition) is 5. The Balaban J connectivity index is 2.51. The summed E-state index contributed by atoms with van der Waals surface area (Å²) in [5.74, 6) is 1.80. The van der Waals surface area contributed by atoms with Crippen molar-refractivity contribution in [1.82, 2.24) is 0 Å². The Morgan fingerprint density at radius 2 is 1.48 bits per heavy atom. The van der Waals surface area contributed by atoms with Crippen molar-refractivity contribution in [2.75, 3.05) is 28.4 Å². The van der Waals surface area contributed by atoms with Gasteiger partial charge in [0.1, 0.15) is 5.75 Å². The third-order valence-electron chi connectivity index (χ3n) is 3.35. The van der Waals surface area contributed by atoms with Crippen molar-refractivity contribution >= 4 is 21.7 Å². The lowest BCUT2D eigenvalue weighted by atomic mass is 10.0. The summed E-state index contributed by atoms with van der Waals surface area (Å²) in [5, 5.41) is 0. The molecule has 0 aromatic heterocycles. The number of benzene rings is 2. The van der Waals surface area contributed by atoms with Gasteiger partial charge >= 0.3 is 0 Å². The smallest absolute Gasteiger partial charge is 0.203 e. The van der Waals surface area contributed by atoms with Gasteiger partial charge in [-0.15, -0.1) is 0 Å². The topological polar surface area (TPSA) is 54.0 Å². The molecule has 0 aliphatic rings. The van der Waals surface area contributed by atoms with Crippen molar-refractivity contribution in [1.29, 1.82) is 0 Å². The van der Waals surface area contributed by atoms with Gasteiger partial charge in [0, 0.05) is 15.6 Å². The molecule has 0 unspecified atom stereocenters. The molecule has 0 aliphatic carbocycles. The van der Waals surface area contributed by atoms with Gasteiger partial charge in [0.2, 0.25) is 5.75 Å². The van der Waals surface area contributed by atoms with E-state index < -0.39 is 0 Å². The minimum absolute atomic E-state index is 0.168. The van der Waals surface area contributed by atoms with E-state index in [-0.39, 0.29) is 5.78 Å². The van der Waals surface area contributed by atoms with E-state index in [9.17, 15) is 4.79 Å². The zero-order chi connectivity index (χ0) is 17.0. The maximum Gasteiger partial charge on any atom is 0.203 e. The zero-order valence-corrected chi connectivity index (χ0v) is 14.9. The number of methoxy groups -OCH3 is 4. The molecule has 0 saturated carbocycles. The number of rotatable bonds is 6. The highest BCUT2D eigenvalue weighted by molar-refractivity contribution is 9.10. The second-order valence-electron chi connectivity index (χ2n) is 4.59. The Labute approximate surface area is 143 Å². The summed E-state index contributed by atoms with van der Waals surface area (Å²) < 4.78 is 21.6. The summed E-state index contributed by atoms with van der Waals surface area (Å²) in [6.07, 6.45) is 0. The van der Waals surface area contributed by atoms with Gasteiger partial charge in [-0.2, -0.15) is 0 Å². The van der Waals surface area contributed by atoms with Crippen LogP contribution < -0.4 is 18.9 Å². The summed E-state index contributed by atoms with van der Waals surface area (Å²) in [4.78, 5) is 12.8. The Kier molecular flexibility index (Phi) is 5.50. The Morgan fingerprint density at radius 1 is 0.870 bits per heavy atom. The molecule has 0 radical (unpaired) electrons. The second kappa shape index (κ2) is 7.37. The van der Waals surface area contributed by atoms with Crippen LogP contribution in [0.2, 0.25) is 0 Å². The zero-order valence-electron chi connectivity index (χ0n) is 13.3. The average Bonchev–Trinajstić information content (AvgIpc) is 2.59. The maximum absolute atomic E-state index is 12.8. The number of halogens is 1. The summed E-state index contributed by atoms with van der Waals surface area (Å²) >= 11 is 3.40. The Hall–Kier alpha value is -2.21. The minimum Gasteiger partial charge on any atom is -0.497 e. The molecule has 2 rings (SSSR count). The molecule has 0 aliphatic heterocycles. The minimum atomic E-state index is -0.168. The molecule has 23 heavy (non-hydrogen) atoms. The highest BCUT2D eigenvalue weighted by atomic mass is 79.9. The summed E-state index contributed by atoms with van der Waals surface area (Å²) in [5.41, 5.74) is 0.949. The van der Waals surface area contributed by atoms with Gasteiger partial charge in [-0.3, -0.25) is 4.79 Å². The highest BCUT2D eigenvalue weighted by Crippen LogP contribution is 2.39. The van der Waals surface area contributed by atoms with E-state index in [1.54, 1.807) is 37.4 Å². The standard InChI is InChI=1S/C17H17BrO5/c1-20-11-5-6-12(13(18)9-11)16(19)10-7-14(21-2)17(23-4)15(8-10)22-3/h5-9H,1-4H3. The fourth-order valence-electron chi connectivity index (χ4n) is 2.17.